The molecule has 3 N–H and O–H groups in total. The predicted octanol–water partition coefficient (Wildman–Crippen LogP) is 3.54. The van der Waals surface area contributed by atoms with Crippen molar-refractivity contribution < 1.29 is 23.0 Å². The van der Waals surface area contributed by atoms with Crippen LogP contribution in [0.4, 0.5) is 13.2 Å². The quantitative estimate of drug-likeness (QED) is 0.892. The molecule has 2 atom stereocenters. The summed E-state index contributed by atoms with van der Waals surface area (Å²) in [4.78, 5) is 0. The SMILES string of the molecule is COc1cc(C(F)(F)F)ccc1[C@@H](N)[C@@H](O)C(C)(C)C.Cl. The van der Waals surface area contributed by atoms with Gasteiger partial charge >= 0.3 is 6.18 Å². The summed E-state index contributed by atoms with van der Waals surface area (Å²) in [6.07, 6.45) is -5.36. The lowest BCUT2D eigenvalue weighted by molar-refractivity contribution is -0.137. The van der Waals surface area contributed by atoms with Gasteiger partial charge in [-0.25, -0.2) is 0 Å². The molecule has 0 fully saturated rings. The van der Waals surface area contributed by atoms with Crippen LogP contribution >= 0.6 is 12.4 Å². The summed E-state index contributed by atoms with van der Waals surface area (Å²) in [7, 11) is 1.27. The zero-order chi connectivity index (χ0) is 15.7. The van der Waals surface area contributed by atoms with Crippen molar-refractivity contribution in [3.8, 4) is 5.75 Å². The van der Waals surface area contributed by atoms with E-state index < -0.39 is 29.3 Å². The number of aliphatic hydroxyl groups excluding tert-OH is 1. The van der Waals surface area contributed by atoms with Gasteiger partial charge in [0.2, 0.25) is 0 Å². The Morgan fingerprint density at radius 2 is 1.71 bits per heavy atom. The first-order valence-electron chi connectivity index (χ1n) is 6.17. The van der Waals surface area contributed by atoms with Crippen LogP contribution in [0, 0.1) is 5.41 Å². The first-order chi connectivity index (χ1) is 8.98. The fourth-order valence-corrected chi connectivity index (χ4v) is 1.87. The van der Waals surface area contributed by atoms with Crippen molar-refractivity contribution in [3.05, 3.63) is 29.3 Å². The molecule has 21 heavy (non-hydrogen) atoms. The minimum atomic E-state index is -4.45. The Labute approximate surface area is 128 Å². The third kappa shape index (κ3) is 4.76. The number of benzene rings is 1. The minimum Gasteiger partial charge on any atom is -0.496 e. The third-order valence-corrected chi connectivity index (χ3v) is 3.15. The number of hydrogen-bond donors (Lipinski definition) is 2. The van der Waals surface area contributed by atoms with Gasteiger partial charge in [-0.3, -0.25) is 0 Å². The number of ether oxygens (including phenoxy) is 1. The van der Waals surface area contributed by atoms with E-state index in [0.29, 0.717) is 5.56 Å². The lowest BCUT2D eigenvalue weighted by atomic mass is 9.82. The molecule has 0 aliphatic heterocycles. The number of aliphatic hydroxyl groups is 1. The van der Waals surface area contributed by atoms with Gasteiger partial charge < -0.3 is 15.6 Å². The van der Waals surface area contributed by atoms with Crippen LogP contribution in [0.3, 0.4) is 0 Å². The van der Waals surface area contributed by atoms with E-state index in [2.05, 4.69) is 0 Å². The molecule has 1 aromatic rings. The minimum absolute atomic E-state index is 0. The van der Waals surface area contributed by atoms with E-state index >= 15 is 0 Å². The van der Waals surface area contributed by atoms with Crippen molar-refractivity contribution in [1.29, 1.82) is 0 Å². The highest BCUT2D eigenvalue weighted by Crippen LogP contribution is 2.37. The number of rotatable bonds is 3. The normalized spacial score (nSPS) is 15.1. The zero-order valence-corrected chi connectivity index (χ0v) is 13.2. The van der Waals surface area contributed by atoms with E-state index in [1.165, 1.54) is 13.2 Å². The number of hydrogen-bond acceptors (Lipinski definition) is 3. The maximum absolute atomic E-state index is 12.6. The largest absolute Gasteiger partial charge is 0.496 e. The van der Waals surface area contributed by atoms with Crippen molar-refractivity contribution in [3.63, 3.8) is 0 Å². The topological polar surface area (TPSA) is 55.5 Å². The highest BCUT2D eigenvalue weighted by Gasteiger charge is 2.34. The third-order valence-electron chi connectivity index (χ3n) is 3.15. The average molecular weight is 328 g/mol. The maximum Gasteiger partial charge on any atom is 0.416 e. The molecule has 0 aromatic heterocycles. The molecule has 1 rings (SSSR count). The van der Waals surface area contributed by atoms with E-state index in [4.69, 9.17) is 10.5 Å². The molecule has 0 spiro atoms. The number of methoxy groups -OCH3 is 1. The summed E-state index contributed by atoms with van der Waals surface area (Å²) < 4.78 is 42.9. The van der Waals surface area contributed by atoms with E-state index in [1.54, 1.807) is 20.8 Å². The van der Waals surface area contributed by atoms with Crippen LogP contribution in [0.1, 0.15) is 37.9 Å². The summed E-state index contributed by atoms with van der Waals surface area (Å²) in [5.74, 6) is 0.0237. The smallest absolute Gasteiger partial charge is 0.416 e. The fourth-order valence-electron chi connectivity index (χ4n) is 1.87. The molecular formula is C14H21ClF3NO2. The van der Waals surface area contributed by atoms with Crippen LogP contribution in [0.25, 0.3) is 0 Å². The lowest BCUT2D eigenvalue weighted by Crippen LogP contribution is -2.37. The van der Waals surface area contributed by atoms with Gasteiger partial charge in [0, 0.05) is 5.56 Å². The number of alkyl halides is 3. The Bertz CT molecular complexity index is 472. The van der Waals surface area contributed by atoms with Crippen LogP contribution in [0.5, 0.6) is 5.75 Å². The molecule has 0 unspecified atom stereocenters. The molecule has 0 amide bonds. The average Bonchev–Trinajstić information content (AvgIpc) is 2.34. The molecule has 0 saturated heterocycles. The number of halogens is 4. The predicted molar refractivity (Wildman–Crippen MR) is 77.6 cm³/mol. The summed E-state index contributed by atoms with van der Waals surface area (Å²) in [6, 6.07) is 2.26. The Hall–Kier alpha value is -0.980. The molecule has 7 heteroatoms. The first-order valence-corrected chi connectivity index (χ1v) is 6.17. The Balaban J connectivity index is 0.00000400. The molecule has 0 bridgehead atoms. The van der Waals surface area contributed by atoms with Crippen LogP contribution in [-0.2, 0) is 6.18 Å². The van der Waals surface area contributed by atoms with Gasteiger partial charge in [0.1, 0.15) is 5.75 Å². The Kier molecular flexibility index (Phi) is 6.53. The molecule has 0 heterocycles. The molecule has 0 radical (unpaired) electrons. The summed E-state index contributed by atoms with van der Waals surface area (Å²) >= 11 is 0. The van der Waals surface area contributed by atoms with E-state index in [-0.39, 0.29) is 18.2 Å². The maximum atomic E-state index is 12.6. The second kappa shape index (κ2) is 6.85. The van der Waals surface area contributed by atoms with Crippen molar-refractivity contribution >= 4 is 12.4 Å². The molecular weight excluding hydrogens is 307 g/mol. The summed E-state index contributed by atoms with van der Waals surface area (Å²) in [5.41, 5.74) is 5.00. The standard InChI is InChI=1S/C14H20F3NO2.ClH/c1-13(2,3)12(19)11(18)9-6-5-8(14(15,16)17)7-10(9)20-4;/h5-7,11-12,19H,18H2,1-4H3;1H/t11-,12-;/m1./s1. The second-order valence-corrected chi connectivity index (χ2v) is 5.79. The molecule has 0 aliphatic rings. The van der Waals surface area contributed by atoms with Crippen molar-refractivity contribution in [2.75, 3.05) is 7.11 Å². The van der Waals surface area contributed by atoms with Crippen LogP contribution in [-0.4, -0.2) is 18.3 Å². The molecule has 0 saturated carbocycles. The van der Waals surface area contributed by atoms with Crippen LogP contribution < -0.4 is 10.5 Å². The van der Waals surface area contributed by atoms with Crippen molar-refractivity contribution in [2.24, 2.45) is 11.1 Å². The Morgan fingerprint density at radius 3 is 2.10 bits per heavy atom. The highest BCUT2D eigenvalue weighted by atomic mass is 35.5. The van der Waals surface area contributed by atoms with Crippen molar-refractivity contribution in [2.45, 2.75) is 39.1 Å². The number of nitrogens with two attached hydrogens (primary N) is 1. The summed E-state index contributed by atoms with van der Waals surface area (Å²) in [6.45, 7) is 5.40. The van der Waals surface area contributed by atoms with Crippen LogP contribution in [0.15, 0.2) is 18.2 Å². The first kappa shape index (κ1) is 20.0. The Morgan fingerprint density at radius 1 is 1.19 bits per heavy atom. The summed E-state index contributed by atoms with van der Waals surface area (Å²) in [5, 5.41) is 10.2. The van der Waals surface area contributed by atoms with Crippen LogP contribution in [0.2, 0.25) is 0 Å². The molecule has 1 aromatic carbocycles. The van der Waals surface area contributed by atoms with Gasteiger partial charge in [-0.05, 0) is 17.5 Å². The van der Waals surface area contributed by atoms with Gasteiger partial charge in [-0.1, -0.05) is 26.8 Å². The van der Waals surface area contributed by atoms with Gasteiger partial charge in [-0.2, -0.15) is 13.2 Å². The van der Waals surface area contributed by atoms with E-state index in [1.807, 2.05) is 0 Å². The fraction of sp³-hybridized carbons (Fsp3) is 0.571. The monoisotopic (exact) mass is 327 g/mol. The highest BCUT2D eigenvalue weighted by molar-refractivity contribution is 5.85. The van der Waals surface area contributed by atoms with Gasteiger partial charge in [0.15, 0.2) is 0 Å². The van der Waals surface area contributed by atoms with E-state index in [0.717, 1.165) is 12.1 Å². The molecule has 3 nitrogen and oxygen atoms in total. The lowest BCUT2D eigenvalue weighted by Gasteiger charge is -2.31. The molecule has 0 aliphatic carbocycles. The van der Waals surface area contributed by atoms with Gasteiger partial charge in [-0.15, -0.1) is 12.4 Å². The zero-order valence-electron chi connectivity index (χ0n) is 12.4. The second-order valence-electron chi connectivity index (χ2n) is 5.79. The van der Waals surface area contributed by atoms with Crippen molar-refractivity contribution in [1.82, 2.24) is 0 Å². The van der Waals surface area contributed by atoms with Gasteiger partial charge in [0.05, 0.1) is 24.8 Å². The van der Waals surface area contributed by atoms with Gasteiger partial charge in [0.25, 0.3) is 0 Å². The molecule has 122 valence electrons. The van der Waals surface area contributed by atoms with E-state index in [9.17, 15) is 18.3 Å².